The molecule has 2 atom stereocenters. The van der Waals surface area contributed by atoms with Crippen molar-refractivity contribution >= 4 is 11.7 Å². The average molecular weight is 279 g/mol. The largest absolute Gasteiger partial charge is 0.409 e. The molecule has 2 aliphatic carbocycles. The van der Waals surface area contributed by atoms with Crippen LogP contribution in [0.2, 0.25) is 0 Å². The lowest BCUT2D eigenvalue weighted by Gasteiger charge is -2.38. The zero-order valence-corrected chi connectivity index (χ0v) is 12.2. The van der Waals surface area contributed by atoms with Gasteiger partial charge in [0.1, 0.15) is 5.84 Å². The van der Waals surface area contributed by atoms with Gasteiger partial charge in [0.25, 0.3) is 0 Å². The number of nitrogens with zero attached hydrogens (tertiary/aromatic N) is 2. The fourth-order valence-electron chi connectivity index (χ4n) is 4.17. The summed E-state index contributed by atoms with van der Waals surface area (Å²) in [5.41, 5.74) is 5.51. The summed E-state index contributed by atoms with van der Waals surface area (Å²) in [7, 11) is 0. The molecule has 5 heteroatoms. The molecule has 3 aliphatic rings. The highest BCUT2D eigenvalue weighted by Gasteiger charge is 2.56. The number of hydrogen-bond acceptors (Lipinski definition) is 3. The minimum absolute atomic E-state index is 0.262. The first-order valence-electron chi connectivity index (χ1n) is 7.83. The summed E-state index contributed by atoms with van der Waals surface area (Å²) in [5.74, 6) is 2.32. The molecule has 1 aliphatic heterocycles. The number of piperidine rings is 1. The predicted octanol–water partition coefficient (Wildman–Crippen LogP) is 1.80. The molecular weight excluding hydrogens is 254 g/mol. The molecule has 1 saturated heterocycles. The van der Waals surface area contributed by atoms with Gasteiger partial charge in [0.15, 0.2) is 0 Å². The molecule has 0 aromatic rings. The molecule has 112 valence electrons. The SMILES string of the molecule is CC1(C(N)=NO)CCN(C(=O)C2C3CCCCC32)CC1. The second-order valence-electron chi connectivity index (χ2n) is 7.01. The van der Waals surface area contributed by atoms with Gasteiger partial charge in [0.05, 0.1) is 0 Å². The maximum absolute atomic E-state index is 12.6. The summed E-state index contributed by atoms with van der Waals surface area (Å²) < 4.78 is 0. The Labute approximate surface area is 120 Å². The Balaban J connectivity index is 1.57. The number of fused-ring (bicyclic) bond motifs is 1. The van der Waals surface area contributed by atoms with Crippen molar-refractivity contribution in [1.29, 1.82) is 0 Å². The number of carbonyl (C=O) groups is 1. The lowest BCUT2D eigenvalue weighted by molar-refractivity contribution is -0.134. The van der Waals surface area contributed by atoms with Crippen molar-refractivity contribution < 1.29 is 10.0 Å². The third kappa shape index (κ3) is 2.17. The topological polar surface area (TPSA) is 78.9 Å². The van der Waals surface area contributed by atoms with Gasteiger partial charge in [-0.15, -0.1) is 0 Å². The molecule has 20 heavy (non-hydrogen) atoms. The smallest absolute Gasteiger partial charge is 0.226 e. The van der Waals surface area contributed by atoms with Crippen LogP contribution in [0.5, 0.6) is 0 Å². The molecular formula is C15H25N3O2. The van der Waals surface area contributed by atoms with Gasteiger partial charge >= 0.3 is 0 Å². The van der Waals surface area contributed by atoms with Gasteiger partial charge in [0, 0.05) is 24.4 Å². The Kier molecular flexibility index (Phi) is 3.38. The number of amides is 1. The van der Waals surface area contributed by atoms with E-state index in [4.69, 9.17) is 10.9 Å². The summed E-state index contributed by atoms with van der Waals surface area (Å²) in [6.07, 6.45) is 6.67. The number of nitrogens with two attached hydrogens (primary N) is 1. The second kappa shape index (κ2) is 4.93. The summed E-state index contributed by atoms with van der Waals surface area (Å²) in [4.78, 5) is 14.6. The van der Waals surface area contributed by atoms with Crippen molar-refractivity contribution in [3.05, 3.63) is 0 Å². The van der Waals surface area contributed by atoms with Gasteiger partial charge in [-0.05, 0) is 37.5 Å². The maximum Gasteiger partial charge on any atom is 0.226 e. The van der Waals surface area contributed by atoms with Crippen LogP contribution in [0.4, 0.5) is 0 Å². The van der Waals surface area contributed by atoms with Crippen LogP contribution >= 0.6 is 0 Å². The fourth-order valence-corrected chi connectivity index (χ4v) is 4.17. The molecule has 0 bridgehead atoms. The van der Waals surface area contributed by atoms with Crippen molar-refractivity contribution in [1.82, 2.24) is 4.90 Å². The maximum atomic E-state index is 12.6. The summed E-state index contributed by atoms with van der Waals surface area (Å²) in [6.45, 7) is 3.49. The Morgan fingerprint density at radius 3 is 2.30 bits per heavy atom. The molecule has 3 fully saturated rings. The van der Waals surface area contributed by atoms with Gasteiger partial charge in [0.2, 0.25) is 5.91 Å². The molecule has 5 nitrogen and oxygen atoms in total. The number of likely N-dealkylation sites (tertiary alicyclic amines) is 1. The molecule has 0 spiro atoms. The van der Waals surface area contributed by atoms with Crippen LogP contribution in [-0.2, 0) is 4.79 Å². The van der Waals surface area contributed by atoms with Crippen LogP contribution in [0.3, 0.4) is 0 Å². The van der Waals surface area contributed by atoms with E-state index >= 15 is 0 Å². The lowest BCUT2D eigenvalue weighted by atomic mass is 9.79. The van der Waals surface area contributed by atoms with E-state index in [1.807, 2.05) is 11.8 Å². The van der Waals surface area contributed by atoms with Crippen LogP contribution in [0.25, 0.3) is 0 Å². The zero-order valence-electron chi connectivity index (χ0n) is 12.2. The van der Waals surface area contributed by atoms with Crippen molar-refractivity contribution in [2.24, 2.45) is 34.1 Å². The summed E-state index contributed by atoms with van der Waals surface area (Å²) in [6, 6.07) is 0. The summed E-state index contributed by atoms with van der Waals surface area (Å²) in [5, 5.41) is 12.0. The van der Waals surface area contributed by atoms with Crippen LogP contribution in [0, 0.1) is 23.2 Å². The van der Waals surface area contributed by atoms with Gasteiger partial charge < -0.3 is 15.8 Å². The van der Waals surface area contributed by atoms with Gasteiger partial charge in [-0.3, -0.25) is 4.79 Å². The minimum Gasteiger partial charge on any atom is -0.409 e. The molecule has 3 N–H and O–H groups in total. The molecule has 0 aromatic carbocycles. The monoisotopic (exact) mass is 279 g/mol. The average Bonchev–Trinajstić information content (AvgIpc) is 3.20. The van der Waals surface area contributed by atoms with Crippen LogP contribution in [0.15, 0.2) is 5.16 Å². The molecule has 1 heterocycles. The second-order valence-corrected chi connectivity index (χ2v) is 7.01. The third-order valence-corrected chi connectivity index (χ3v) is 5.85. The van der Waals surface area contributed by atoms with Crippen molar-refractivity contribution in [2.75, 3.05) is 13.1 Å². The lowest BCUT2D eigenvalue weighted by Crippen LogP contribution is -2.48. The zero-order chi connectivity index (χ0) is 14.3. The van der Waals surface area contributed by atoms with E-state index in [1.165, 1.54) is 25.7 Å². The first kappa shape index (κ1) is 13.7. The number of amidine groups is 1. The highest BCUT2D eigenvalue weighted by molar-refractivity contribution is 5.86. The highest BCUT2D eigenvalue weighted by atomic mass is 16.4. The van der Waals surface area contributed by atoms with E-state index in [1.54, 1.807) is 0 Å². The molecule has 2 saturated carbocycles. The molecule has 3 rings (SSSR count). The van der Waals surface area contributed by atoms with Crippen molar-refractivity contribution in [2.45, 2.75) is 45.4 Å². The van der Waals surface area contributed by atoms with Crippen LogP contribution in [0.1, 0.15) is 45.4 Å². The summed E-state index contributed by atoms with van der Waals surface area (Å²) >= 11 is 0. The number of oxime groups is 1. The van der Waals surface area contributed by atoms with Crippen molar-refractivity contribution in [3.63, 3.8) is 0 Å². The predicted molar refractivity (Wildman–Crippen MR) is 76.3 cm³/mol. The Hall–Kier alpha value is -1.26. The Bertz CT molecular complexity index is 415. The minimum atomic E-state index is -0.262. The van der Waals surface area contributed by atoms with E-state index in [0.29, 0.717) is 29.5 Å². The van der Waals surface area contributed by atoms with E-state index in [2.05, 4.69) is 5.16 Å². The molecule has 0 radical (unpaired) electrons. The standard InChI is InChI=1S/C15H25N3O2/c1-15(14(16)17-20)6-8-18(9-7-15)13(19)12-10-4-2-3-5-11(10)12/h10-12,20H,2-9H2,1H3,(H2,16,17). The highest BCUT2D eigenvalue weighted by Crippen LogP contribution is 2.56. The van der Waals surface area contributed by atoms with E-state index < -0.39 is 0 Å². The quantitative estimate of drug-likeness (QED) is 0.350. The number of hydrogen-bond donors (Lipinski definition) is 2. The van der Waals surface area contributed by atoms with Gasteiger partial charge in [-0.25, -0.2) is 0 Å². The molecule has 1 amide bonds. The van der Waals surface area contributed by atoms with E-state index in [0.717, 1.165) is 25.9 Å². The van der Waals surface area contributed by atoms with Crippen LogP contribution < -0.4 is 5.73 Å². The van der Waals surface area contributed by atoms with Gasteiger partial charge in [-0.2, -0.15) is 0 Å². The first-order chi connectivity index (χ1) is 9.57. The normalized spacial score (nSPS) is 36.4. The Morgan fingerprint density at radius 1 is 1.25 bits per heavy atom. The fraction of sp³-hybridized carbons (Fsp3) is 0.867. The molecule has 2 unspecified atom stereocenters. The number of rotatable bonds is 2. The van der Waals surface area contributed by atoms with E-state index in [-0.39, 0.29) is 5.41 Å². The van der Waals surface area contributed by atoms with Crippen LogP contribution in [-0.4, -0.2) is 34.9 Å². The molecule has 0 aromatic heterocycles. The Morgan fingerprint density at radius 2 is 1.80 bits per heavy atom. The first-order valence-corrected chi connectivity index (χ1v) is 7.83. The van der Waals surface area contributed by atoms with Crippen molar-refractivity contribution in [3.8, 4) is 0 Å². The number of carbonyl (C=O) groups excluding carboxylic acids is 1. The van der Waals surface area contributed by atoms with Gasteiger partial charge in [-0.1, -0.05) is 24.9 Å². The van der Waals surface area contributed by atoms with E-state index in [9.17, 15) is 4.79 Å². The third-order valence-electron chi connectivity index (χ3n) is 5.85.